The van der Waals surface area contributed by atoms with E-state index in [-0.39, 0.29) is 12.8 Å². The lowest BCUT2D eigenvalue weighted by Crippen LogP contribution is -2.64. The average Bonchev–Trinajstić information content (AvgIpc) is 3.15. The molecule has 1 rings (SSSR count). The van der Waals surface area contributed by atoms with Gasteiger partial charge in [0.1, 0.15) is 43.2 Å². The SMILES string of the molecule is CCC/C=C\CCCCCCCC(=O)OCC(COP(=O)(O)OC1C(O)C(O)C(O)C(O)C1O)OC(=O)CCCCCCC/C=C\CCCCCCCC. The molecule has 0 aliphatic heterocycles. The Morgan fingerprint density at radius 3 is 1.48 bits per heavy atom. The van der Waals surface area contributed by atoms with Crippen molar-refractivity contribution in [3.05, 3.63) is 24.3 Å². The van der Waals surface area contributed by atoms with Crippen molar-refractivity contribution >= 4 is 19.8 Å². The van der Waals surface area contributed by atoms with E-state index in [1.54, 1.807) is 0 Å². The van der Waals surface area contributed by atoms with Crippen molar-refractivity contribution in [3.8, 4) is 0 Å². The fourth-order valence-electron chi connectivity index (χ4n) is 6.11. The number of ether oxygens (including phenoxy) is 2. The Bertz CT molecular complexity index is 1050. The number of phosphoric acid groups is 1. The highest BCUT2D eigenvalue weighted by molar-refractivity contribution is 7.47. The van der Waals surface area contributed by atoms with Crippen LogP contribution in [0.2, 0.25) is 0 Å². The van der Waals surface area contributed by atoms with Crippen LogP contribution in [-0.4, -0.2) is 98.3 Å². The number of phosphoric ester groups is 1. The molecule has 0 aromatic rings. The Balaban J connectivity index is 2.52. The number of esters is 2. The third-order valence-corrected chi connectivity index (χ3v) is 10.5. The summed E-state index contributed by atoms with van der Waals surface area (Å²) in [7, 11) is -5.11. The predicted molar refractivity (Wildman–Crippen MR) is 207 cm³/mol. The third-order valence-electron chi connectivity index (χ3n) is 9.50. The van der Waals surface area contributed by atoms with Crippen LogP contribution in [0.3, 0.4) is 0 Å². The maximum absolute atomic E-state index is 12.7. The summed E-state index contributed by atoms with van der Waals surface area (Å²) in [6, 6.07) is 0. The van der Waals surface area contributed by atoms with Gasteiger partial charge in [0.15, 0.2) is 6.10 Å². The van der Waals surface area contributed by atoms with E-state index in [0.29, 0.717) is 12.8 Å². The first-order valence-corrected chi connectivity index (χ1v) is 22.1. The van der Waals surface area contributed by atoms with Crippen molar-refractivity contribution in [1.29, 1.82) is 0 Å². The minimum absolute atomic E-state index is 0.0862. The molecule has 1 fully saturated rings. The van der Waals surface area contributed by atoms with Crippen LogP contribution in [-0.2, 0) is 32.7 Å². The number of carbonyl (C=O) groups excluding carboxylic acids is 2. The van der Waals surface area contributed by atoms with Gasteiger partial charge in [-0.25, -0.2) is 4.57 Å². The standard InChI is InChI=1S/C40H73O13P/c1-3-5-7-9-11-13-15-16-17-18-19-21-23-25-27-29-34(42)52-32(30-50-33(41)28-26-24-22-20-14-12-10-8-6-4-2)31-51-54(48,49)53-40-38(46)36(44)35(43)37(45)39(40)47/h8,10,16-17,32,35-40,43-47H,3-7,9,11-15,18-31H2,1-2H3,(H,48,49)/b10-8-,17-16-. The molecule has 13 nitrogen and oxygen atoms in total. The number of rotatable bonds is 33. The van der Waals surface area contributed by atoms with E-state index in [1.165, 1.54) is 38.5 Å². The van der Waals surface area contributed by atoms with Crippen molar-refractivity contribution in [3.63, 3.8) is 0 Å². The summed E-state index contributed by atoms with van der Waals surface area (Å²) in [4.78, 5) is 35.5. The van der Waals surface area contributed by atoms with Crippen LogP contribution in [0.4, 0.5) is 0 Å². The Morgan fingerprint density at radius 1 is 0.556 bits per heavy atom. The summed E-state index contributed by atoms with van der Waals surface area (Å²) >= 11 is 0. The Kier molecular flexibility index (Phi) is 29.3. The summed E-state index contributed by atoms with van der Waals surface area (Å²) in [5.74, 6) is -1.12. The number of carbonyl (C=O) groups is 2. The monoisotopic (exact) mass is 792 g/mol. The molecule has 6 N–H and O–H groups in total. The van der Waals surface area contributed by atoms with Gasteiger partial charge in [-0.3, -0.25) is 18.6 Å². The normalized spacial score (nSPS) is 23.5. The van der Waals surface area contributed by atoms with Gasteiger partial charge in [0.2, 0.25) is 0 Å². The van der Waals surface area contributed by atoms with Crippen molar-refractivity contribution in [2.45, 2.75) is 204 Å². The van der Waals surface area contributed by atoms with Crippen LogP contribution in [0.15, 0.2) is 24.3 Å². The molecule has 54 heavy (non-hydrogen) atoms. The smallest absolute Gasteiger partial charge is 0.462 e. The van der Waals surface area contributed by atoms with E-state index in [2.05, 4.69) is 38.2 Å². The van der Waals surface area contributed by atoms with Crippen LogP contribution in [0.25, 0.3) is 0 Å². The molecule has 0 spiro atoms. The molecule has 6 atom stereocenters. The largest absolute Gasteiger partial charge is 0.472 e. The molecular weight excluding hydrogens is 719 g/mol. The molecule has 1 aliphatic rings. The first-order chi connectivity index (χ1) is 25.9. The molecule has 316 valence electrons. The molecule has 6 unspecified atom stereocenters. The molecule has 0 amide bonds. The van der Waals surface area contributed by atoms with E-state index in [1.807, 2.05) is 0 Å². The highest BCUT2D eigenvalue weighted by atomic mass is 31.2. The zero-order chi connectivity index (χ0) is 40.0. The highest BCUT2D eigenvalue weighted by Crippen LogP contribution is 2.47. The molecule has 1 saturated carbocycles. The number of aliphatic hydroxyl groups is 5. The van der Waals surface area contributed by atoms with E-state index in [9.17, 15) is 44.6 Å². The second-order valence-corrected chi connectivity index (χ2v) is 15.9. The lowest BCUT2D eigenvalue weighted by atomic mass is 9.85. The summed E-state index contributed by atoms with van der Waals surface area (Å²) in [5.41, 5.74) is 0. The van der Waals surface area contributed by atoms with Gasteiger partial charge in [0.05, 0.1) is 6.61 Å². The molecule has 0 aromatic carbocycles. The molecular formula is C40H73O13P. The topological polar surface area (TPSA) is 210 Å². The fraction of sp³-hybridized carbons (Fsp3) is 0.850. The van der Waals surface area contributed by atoms with E-state index in [4.69, 9.17) is 18.5 Å². The molecule has 0 radical (unpaired) electrons. The second-order valence-electron chi connectivity index (χ2n) is 14.5. The lowest BCUT2D eigenvalue weighted by Gasteiger charge is -2.41. The van der Waals surface area contributed by atoms with Gasteiger partial charge in [-0.05, 0) is 57.8 Å². The predicted octanol–water partition coefficient (Wildman–Crippen LogP) is 6.89. The van der Waals surface area contributed by atoms with Gasteiger partial charge >= 0.3 is 19.8 Å². The number of unbranched alkanes of at least 4 members (excludes halogenated alkanes) is 17. The molecule has 0 aromatic heterocycles. The first-order valence-electron chi connectivity index (χ1n) is 20.6. The van der Waals surface area contributed by atoms with Crippen LogP contribution in [0, 0.1) is 0 Å². The van der Waals surface area contributed by atoms with Crippen molar-refractivity contribution in [2.75, 3.05) is 13.2 Å². The van der Waals surface area contributed by atoms with Crippen LogP contribution in [0.1, 0.15) is 162 Å². The quantitative estimate of drug-likeness (QED) is 0.0173. The van der Waals surface area contributed by atoms with Gasteiger partial charge in [0.25, 0.3) is 0 Å². The molecule has 0 heterocycles. The number of hydrogen-bond donors (Lipinski definition) is 6. The minimum atomic E-state index is -5.11. The zero-order valence-electron chi connectivity index (χ0n) is 33.0. The van der Waals surface area contributed by atoms with Gasteiger partial charge in [-0.15, -0.1) is 0 Å². The van der Waals surface area contributed by atoms with Crippen LogP contribution < -0.4 is 0 Å². The first kappa shape index (κ1) is 50.3. The number of aliphatic hydroxyl groups excluding tert-OH is 5. The highest BCUT2D eigenvalue weighted by Gasteiger charge is 2.51. The Morgan fingerprint density at radius 2 is 0.981 bits per heavy atom. The van der Waals surface area contributed by atoms with Crippen molar-refractivity contribution in [2.24, 2.45) is 0 Å². The summed E-state index contributed by atoms with van der Waals surface area (Å²) in [5, 5.41) is 50.0. The molecule has 1 aliphatic carbocycles. The van der Waals surface area contributed by atoms with E-state index >= 15 is 0 Å². The summed E-state index contributed by atoms with van der Waals surface area (Å²) < 4.78 is 33.3. The van der Waals surface area contributed by atoms with Gasteiger partial charge in [-0.1, -0.05) is 115 Å². The molecule has 0 bridgehead atoms. The van der Waals surface area contributed by atoms with Gasteiger partial charge in [0, 0.05) is 12.8 Å². The van der Waals surface area contributed by atoms with E-state index in [0.717, 1.165) is 83.5 Å². The summed E-state index contributed by atoms with van der Waals surface area (Å²) in [6.07, 6.45) is 18.3. The Labute approximate surface area is 324 Å². The minimum Gasteiger partial charge on any atom is -0.462 e. The fourth-order valence-corrected chi connectivity index (χ4v) is 7.08. The number of allylic oxidation sites excluding steroid dienone is 4. The van der Waals surface area contributed by atoms with Crippen LogP contribution in [0.5, 0.6) is 0 Å². The van der Waals surface area contributed by atoms with E-state index < -0.39 is 75.7 Å². The zero-order valence-corrected chi connectivity index (χ0v) is 33.9. The Hall–Kier alpha value is -1.67. The van der Waals surface area contributed by atoms with Gasteiger partial charge in [-0.2, -0.15) is 0 Å². The summed E-state index contributed by atoms with van der Waals surface area (Å²) in [6.45, 7) is 3.19. The maximum atomic E-state index is 12.7. The lowest BCUT2D eigenvalue weighted by molar-refractivity contribution is -0.220. The van der Waals surface area contributed by atoms with Gasteiger partial charge < -0.3 is 39.9 Å². The molecule has 0 saturated heterocycles. The maximum Gasteiger partial charge on any atom is 0.472 e. The molecule has 14 heteroatoms. The number of hydrogen-bond acceptors (Lipinski definition) is 12. The average molecular weight is 793 g/mol. The third kappa shape index (κ3) is 24.1. The van der Waals surface area contributed by atoms with Crippen molar-refractivity contribution in [1.82, 2.24) is 0 Å². The van der Waals surface area contributed by atoms with Crippen LogP contribution >= 0.6 is 7.82 Å². The van der Waals surface area contributed by atoms with Crippen molar-refractivity contribution < 1.29 is 63.1 Å². The second kappa shape index (κ2) is 31.4.